The van der Waals surface area contributed by atoms with Gasteiger partial charge in [0.15, 0.2) is 5.97 Å². The molecular weight excluding hydrogens is 267 g/mol. The summed E-state index contributed by atoms with van der Waals surface area (Å²) in [5.74, 6) is 3.54. The van der Waals surface area contributed by atoms with E-state index in [1.165, 1.54) is 0 Å². The topological polar surface area (TPSA) is 52.3 Å². The molecular formula is C2H4AuNO2. The maximum atomic E-state index is 9.35. The van der Waals surface area contributed by atoms with Gasteiger partial charge < -0.3 is 4.84 Å². The van der Waals surface area contributed by atoms with E-state index < -0.39 is 5.97 Å². The van der Waals surface area contributed by atoms with Gasteiger partial charge in [-0.2, -0.15) is 5.90 Å². The minimum atomic E-state index is -0.718. The van der Waals surface area contributed by atoms with E-state index in [9.17, 15) is 4.79 Å². The van der Waals surface area contributed by atoms with E-state index in [2.05, 4.69) is 17.7 Å². The number of hydrogen-bond acceptors (Lipinski definition) is 3. The predicted molar refractivity (Wildman–Crippen MR) is 15.6 cm³/mol. The Labute approximate surface area is 51.3 Å². The van der Waals surface area contributed by atoms with Gasteiger partial charge in [0.1, 0.15) is 0 Å². The quantitative estimate of drug-likeness (QED) is 0.358. The number of carbonyl (C=O) groups excluding carboxylic acids is 1. The molecule has 3 nitrogen and oxygen atoms in total. The van der Waals surface area contributed by atoms with Gasteiger partial charge >= 0.3 is 22.4 Å². The molecule has 0 saturated carbocycles. The summed E-state index contributed by atoms with van der Waals surface area (Å²) in [7, 11) is 0. The second-order valence-corrected chi connectivity index (χ2v) is 0.490. The molecule has 0 aromatic rings. The Bertz CT molecular complexity index is 46.8. The molecule has 40 valence electrons. The fourth-order valence-electron chi connectivity index (χ4n) is 0. The van der Waals surface area contributed by atoms with E-state index in [1.54, 1.807) is 0 Å². The van der Waals surface area contributed by atoms with Gasteiger partial charge in [-0.05, 0) is 0 Å². The van der Waals surface area contributed by atoms with Gasteiger partial charge in [-0.1, -0.05) is 0 Å². The van der Waals surface area contributed by atoms with E-state index in [1.807, 2.05) is 0 Å². The van der Waals surface area contributed by atoms with Crippen LogP contribution >= 0.6 is 0 Å². The van der Waals surface area contributed by atoms with Crippen molar-refractivity contribution in [3.05, 3.63) is 6.92 Å². The van der Waals surface area contributed by atoms with Crippen LogP contribution in [0.25, 0.3) is 0 Å². The Morgan fingerprint density at radius 1 is 1.83 bits per heavy atom. The Morgan fingerprint density at radius 3 is 2.00 bits per heavy atom. The van der Waals surface area contributed by atoms with E-state index >= 15 is 0 Å². The molecule has 0 aromatic heterocycles. The van der Waals surface area contributed by atoms with Crippen LogP contribution < -0.4 is 5.90 Å². The Kier molecular flexibility index (Phi) is 7.90. The van der Waals surface area contributed by atoms with Crippen LogP contribution in [0.2, 0.25) is 0 Å². The monoisotopic (exact) mass is 271 g/mol. The molecule has 0 aliphatic rings. The molecule has 6 heavy (non-hydrogen) atoms. The van der Waals surface area contributed by atoms with Crippen molar-refractivity contribution in [3.8, 4) is 0 Å². The molecule has 0 unspecified atom stereocenters. The summed E-state index contributed by atoms with van der Waals surface area (Å²) in [6.45, 7) is 2.77. The van der Waals surface area contributed by atoms with E-state index in [0.29, 0.717) is 0 Å². The van der Waals surface area contributed by atoms with Crippen LogP contribution in [0, 0.1) is 6.92 Å². The molecule has 0 aliphatic heterocycles. The molecule has 0 fully saturated rings. The van der Waals surface area contributed by atoms with Crippen molar-refractivity contribution >= 4 is 5.97 Å². The van der Waals surface area contributed by atoms with Crippen LogP contribution in [0.4, 0.5) is 0 Å². The Balaban J connectivity index is 0. The van der Waals surface area contributed by atoms with Gasteiger partial charge in [0, 0.05) is 0 Å². The first-order valence-electron chi connectivity index (χ1n) is 0.998. The fourth-order valence-corrected chi connectivity index (χ4v) is 0. The summed E-state index contributed by atoms with van der Waals surface area (Å²) < 4.78 is 0. The third kappa shape index (κ3) is 8.97. The van der Waals surface area contributed by atoms with Gasteiger partial charge in [0.05, 0.1) is 0 Å². The smallest absolute Gasteiger partial charge is 0.406 e. The predicted octanol–water partition coefficient (Wildman–Crippen LogP) is -0.765. The van der Waals surface area contributed by atoms with Crippen molar-refractivity contribution in [3.63, 3.8) is 0 Å². The first kappa shape index (κ1) is 9.40. The zero-order chi connectivity index (χ0) is 4.28. The second kappa shape index (κ2) is 5.04. The molecule has 0 aromatic carbocycles. The van der Waals surface area contributed by atoms with E-state index in [0.717, 1.165) is 0 Å². The van der Waals surface area contributed by atoms with Gasteiger partial charge in [-0.3, -0.25) is 11.7 Å². The van der Waals surface area contributed by atoms with Crippen molar-refractivity contribution in [1.82, 2.24) is 0 Å². The molecule has 0 spiro atoms. The largest absolute Gasteiger partial charge is 1.00 e. The van der Waals surface area contributed by atoms with Crippen LogP contribution in [0.15, 0.2) is 0 Å². The number of carbonyl (C=O) groups is 1. The number of nitrogens with two attached hydrogens (primary N) is 1. The molecule has 0 amide bonds. The molecule has 0 heterocycles. The summed E-state index contributed by atoms with van der Waals surface area (Å²) in [6.07, 6.45) is 0. The third-order valence-electron chi connectivity index (χ3n) is 0.131. The van der Waals surface area contributed by atoms with Gasteiger partial charge in [-0.15, -0.1) is 0 Å². The van der Waals surface area contributed by atoms with Crippen LogP contribution in [0.3, 0.4) is 0 Å². The normalized spacial score (nSPS) is 5.50. The minimum absolute atomic E-state index is 0. The molecule has 2 N–H and O–H groups in total. The Hall–Kier alpha value is 0.0403. The third-order valence-corrected chi connectivity index (χ3v) is 0.131. The van der Waals surface area contributed by atoms with Crippen molar-refractivity contribution < 1.29 is 32.0 Å². The molecule has 0 bridgehead atoms. The first-order chi connectivity index (χ1) is 2.27. The van der Waals surface area contributed by atoms with E-state index in [4.69, 9.17) is 0 Å². The van der Waals surface area contributed by atoms with Gasteiger partial charge in [0.2, 0.25) is 0 Å². The SMILES string of the molecule is [Au+].[CH2-]C(=O)ON. The van der Waals surface area contributed by atoms with E-state index in [-0.39, 0.29) is 22.4 Å². The molecule has 0 rings (SSSR count). The van der Waals surface area contributed by atoms with Crippen molar-refractivity contribution in [1.29, 1.82) is 0 Å². The maximum Gasteiger partial charge on any atom is 1.00 e. The van der Waals surface area contributed by atoms with Crippen LogP contribution in [0.1, 0.15) is 0 Å². The summed E-state index contributed by atoms with van der Waals surface area (Å²) >= 11 is 0. The fraction of sp³-hybridized carbons (Fsp3) is 0. The zero-order valence-electron chi connectivity index (χ0n) is 2.90. The van der Waals surface area contributed by atoms with Crippen LogP contribution in [-0.2, 0) is 32.0 Å². The average molecular weight is 271 g/mol. The number of rotatable bonds is 0. The maximum absolute atomic E-state index is 9.35. The summed E-state index contributed by atoms with van der Waals surface area (Å²) in [6, 6.07) is 0. The van der Waals surface area contributed by atoms with Gasteiger partial charge in [-0.25, -0.2) is 0 Å². The second-order valence-electron chi connectivity index (χ2n) is 0.490. The van der Waals surface area contributed by atoms with Crippen LogP contribution in [0.5, 0.6) is 0 Å². The molecule has 0 radical (unpaired) electrons. The molecule has 4 heteroatoms. The number of hydrogen-bond donors (Lipinski definition) is 1. The average Bonchev–Trinajstić information content (AvgIpc) is 1.38. The summed E-state index contributed by atoms with van der Waals surface area (Å²) in [5, 5.41) is 0. The summed E-state index contributed by atoms with van der Waals surface area (Å²) in [4.78, 5) is 12.9. The minimum Gasteiger partial charge on any atom is -0.406 e. The molecule has 0 aliphatic carbocycles. The first-order valence-corrected chi connectivity index (χ1v) is 0.998. The van der Waals surface area contributed by atoms with Gasteiger partial charge in [0.25, 0.3) is 0 Å². The molecule has 0 saturated heterocycles. The Morgan fingerprint density at radius 2 is 2.00 bits per heavy atom. The molecule has 0 atom stereocenters. The zero-order valence-corrected chi connectivity index (χ0v) is 5.07. The van der Waals surface area contributed by atoms with Crippen molar-refractivity contribution in [2.24, 2.45) is 5.90 Å². The van der Waals surface area contributed by atoms with Crippen LogP contribution in [-0.4, -0.2) is 5.97 Å². The van der Waals surface area contributed by atoms with Crippen molar-refractivity contribution in [2.45, 2.75) is 0 Å². The van der Waals surface area contributed by atoms with Crippen molar-refractivity contribution in [2.75, 3.05) is 0 Å². The summed E-state index contributed by atoms with van der Waals surface area (Å²) in [5.41, 5.74) is 0. The standard InChI is InChI=1S/C2H4NO2.Au/c1-2(4)5-3;/h1,3H2;/q-1;+1.